The second-order valence-electron chi connectivity index (χ2n) is 21.0. The molecule has 2 heterocycles. The summed E-state index contributed by atoms with van der Waals surface area (Å²) in [6.07, 6.45) is 5.14. The fourth-order valence-electron chi connectivity index (χ4n) is 9.49. The van der Waals surface area contributed by atoms with Crippen molar-refractivity contribution in [3.63, 3.8) is 0 Å². The number of hydrogen-bond acceptors (Lipinski definition) is 18. The molecule has 0 aliphatic carbocycles. The average Bonchev–Trinajstić information content (AvgIpc) is 2.34. The van der Waals surface area contributed by atoms with Crippen LogP contribution in [0.2, 0.25) is 0 Å². The molecule has 0 radical (unpaired) electrons. The van der Waals surface area contributed by atoms with E-state index in [9.17, 15) is 63.6 Å². The summed E-state index contributed by atoms with van der Waals surface area (Å²) in [5.41, 5.74) is 3.88. The number of ether oxygens (including phenoxy) is 1. The van der Waals surface area contributed by atoms with Crippen LogP contribution in [0.5, 0.6) is 0 Å². The summed E-state index contributed by atoms with van der Waals surface area (Å²) in [6, 6.07) is 21.3. The van der Waals surface area contributed by atoms with Crippen molar-refractivity contribution in [1.29, 1.82) is 0 Å². The number of para-hydroxylation sites is 1. The fraction of sp³-hybridized carbons (Fsp3) is 0.533. The number of amides is 9. The standard InChI is InChI=1S/C60H84N12O14S/c1-43(73)70(83)35-13-3-10-31-62-51(75)26-28-55(79)71(84)36-14-4-11-32-63-52(76)27-29-56(80)72(85)37-15-5-12-33-64-53(77)40-57(81)68-41-45-16-6-7-17-47(45)60-59(48-18-8-9-19-49(48)68)66-67-69(60)42-54(78)65-34-39-86-38-30-58(82)87-46-23-20-44(21-24-46)22-25-50(74)61-2/h6-9,16-21,23-24,59-60,83-85H,3-5,10-15,22,25-42H2,1-2H3,(H,61,74)(H,62,75)(H,63,76)(H,64,77)(H,65,78). The number of rotatable bonds is 38. The van der Waals surface area contributed by atoms with Crippen LogP contribution >= 0.6 is 11.8 Å². The molecule has 0 spiro atoms. The maximum absolute atomic E-state index is 14.0. The number of carbonyl (C=O) groups excluding carboxylic acids is 10. The Kier molecular flexibility index (Phi) is 30.8. The van der Waals surface area contributed by atoms with Gasteiger partial charge in [0, 0.05) is 114 Å². The zero-order chi connectivity index (χ0) is 62.9. The van der Waals surface area contributed by atoms with Gasteiger partial charge in [0.2, 0.25) is 53.2 Å². The molecule has 0 aromatic heterocycles. The largest absolute Gasteiger partial charge is 0.379 e. The SMILES string of the molecule is CNC(=O)CCc1ccc(SC(=O)CCOCCNC(=O)CN2N=NC3c4ccccc4N(C(=O)CC(=O)NCCCCCN(O)C(=O)CCC(=O)NCCCCCN(O)C(=O)CCC(=O)NCCCCCN(O)C(C)=O)Cc4ccccc4C32)cc1. The van der Waals surface area contributed by atoms with E-state index in [0.717, 1.165) is 33.3 Å². The molecule has 26 nitrogen and oxygen atoms in total. The van der Waals surface area contributed by atoms with Crippen LogP contribution < -0.4 is 31.5 Å². The number of thioether (sulfide) groups is 1. The zero-order valence-corrected chi connectivity index (χ0v) is 50.6. The number of benzene rings is 3. The molecule has 27 heteroatoms. The van der Waals surface area contributed by atoms with Crippen LogP contribution in [0.1, 0.15) is 144 Å². The lowest BCUT2D eigenvalue weighted by Gasteiger charge is -2.34. The van der Waals surface area contributed by atoms with Gasteiger partial charge in [-0.05, 0) is 99.1 Å². The van der Waals surface area contributed by atoms with Gasteiger partial charge >= 0.3 is 0 Å². The molecule has 0 bridgehead atoms. The Balaban J connectivity index is 0.920. The summed E-state index contributed by atoms with van der Waals surface area (Å²) in [7, 11) is 1.60. The highest BCUT2D eigenvalue weighted by molar-refractivity contribution is 8.13. The Morgan fingerprint density at radius 3 is 1.74 bits per heavy atom. The lowest BCUT2D eigenvalue weighted by molar-refractivity contribution is -0.166. The third-order valence-corrected chi connectivity index (χ3v) is 15.3. The molecule has 9 amide bonds. The molecule has 2 aliphatic heterocycles. The Bertz CT molecular complexity index is 2810. The van der Waals surface area contributed by atoms with Gasteiger partial charge in [0.25, 0.3) is 0 Å². The van der Waals surface area contributed by atoms with Crippen LogP contribution in [0.15, 0.2) is 88.0 Å². The number of anilines is 1. The third-order valence-electron chi connectivity index (χ3n) is 14.3. The Labute approximate surface area is 511 Å². The van der Waals surface area contributed by atoms with E-state index in [1.165, 1.54) is 6.92 Å². The zero-order valence-electron chi connectivity index (χ0n) is 49.8. The minimum Gasteiger partial charge on any atom is -0.379 e. The lowest BCUT2D eigenvalue weighted by atomic mass is 9.87. The molecule has 0 saturated carbocycles. The molecule has 3 aromatic rings. The minimum absolute atomic E-state index is 0.0212. The van der Waals surface area contributed by atoms with Gasteiger partial charge in [0.05, 0.1) is 19.8 Å². The van der Waals surface area contributed by atoms with Gasteiger partial charge in [-0.3, -0.25) is 68.6 Å². The fourth-order valence-corrected chi connectivity index (χ4v) is 10.2. The third kappa shape index (κ3) is 25.2. The summed E-state index contributed by atoms with van der Waals surface area (Å²) in [5.74, 6) is -3.59. The first-order valence-electron chi connectivity index (χ1n) is 29.7. The monoisotopic (exact) mass is 1230 g/mol. The molecule has 0 fully saturated rings. The summed E-state index contributed by atoms with van der Waals surface area (Å²) in [6.45, 7) is 3.12. The Morgan fingerprint density at radius 2 is 1.14 bits per heavy atom. The smallest absolute Gasteiger partial charge is 0.246 e. The average molecular weight is 1230 g/mol. The van der Waals surface area contributed by atoms with Gasteiger partial charge < -0.3 is 36.2 Å². The van der Waals surface area contributed by atoms with Gasteiger partial charge in [0.1, 0.15) is 25.0 Å². The van der Waals surface area contributed by atoms with E-state index in [1.54, 1.807) is 29.1 Å². The maximum Gasteiger partial charge on any atom is 0.246 e. The predicted octanol–water partition coefficient (Wildman–Crippen LogP) is 5.00. The molecule has 474 valence electrons. The highest BCUT2D eigenvalue weighted by atomic mass is 32.2. The number of carbonyl (C=O) groups is 10. The Hall–Kier alpha value is -7.85. The highest BCUT2D eigenvalue weighted by Gasteiger charge is 2.41. The first-order chi connectivity index (χ1) is 41.9. The summed E-state index contributed by atoms with van der Waals surface area (Å²) in [5, 5.41) is 55.8. The minimum atomic E-state index is -0.617. The number of hydrogen-bond donors (Lipinski definition) is 8. The van der Waals surface area contributed by atoms with E-state index in [1.807, 2.05) is 60.7 Å². The van der Waals surface area contributed by atoms with Crippen LogP contribution in [0.25, 0.3) is 0 Å². The van der Waals surface area contributed by atoms with Crippen molar-refractivity contribution in [1.82, 2.24) is 46.8 Å². The molecule has 2 aliphatic rings. The molecule has 2 unspecified atom stereocenters. The van der Waals surface area contributed by atoms with Crippen LogP contribution in [0.4, 0.5) is 5.69 Å². The van der Waals surface area contributed by atoms with Crippen molar-refractivity contribution in [3.8, 4) is 0 Å². The second kappa shape index (κ2) is 38.3. The molecule has 3 aromatic carbocycles. The van der Waals surface area contributed by atoms with Crippen molar-refractivity contribution in [3.05, 3.63) is 95.1 Å². The molecule has 0 saturated heterocycles. The first kappa shape index (κ1) is 69.9. The van der Waals surface area contributed by atoms with E-state index < -0.39 is 48.0 Å². The quantitative estimate of drug-likeness (QED) is 0.0123. The van der Waals surface area contributed by atoms with Gasteiger partial charge in [-0.2, -0.15) is 5.11 Å². The number of fused-ring (bicyclic) bond motifs is 5. The lowest BCUT2D eigenvalue weighted by Crippen LogP contribution is -2.40. The van der Waals surface area contributed by atoms with Crippen LogP contribution in [0, 0.1) is 0 Å². The van der Waals surface area contributed by atoms with Crippen LogP contribution in [-0.2, 0) is 65.6 Å². The number of nitrogens with zero attached hydrogens (tertiary/aromatic N) is 7. The molecule has 87 heavy (non-hydrogen) atoms. The first-order valence-corrected chi connectivity index (χ1v) is 30.5. The van der Waals surface area contributed by atoms with Crippen molar-refractivity contribution in [2.75, 3.05) is 77.5 Å². The maximum atomic E-state index is 14.0. The molecule has 2 atom stereocenters. The van der Waals surface area contributed by atoms with E-state index in [2.05, 4.69) is 36.9 Å². The van der Waals surface area contributed by atoms with Crippen LogP contribution in [0.3, 0.4) is 0 Å². The number of aryl methyl sites for hydroxylation is 1. The summed E-state index contributed by atoms with van der Waals surface area (Å²) in [4.78, 5) is 127. The predicted molar refractivity (Wildman–Crippen MR) is 319 cm³/mol. The van der Waals surface area contributed by atoms with Gasteiger partial charge in [-0.1, -0.05) is 71.6 Å². The van der Waals surface area contributed by atoms with E-state index in [0.29, 0.717) is 110 Å². The highest BCUT2D eigenvalue weighted by Crippen LogP contribution is 2.48. The molecule has 8 N–H and O–H groups in total. The van der Waals surface area contributed by atoms with Gasteiger partial charge in [-0.25, -0.2) is 15.2 Å². The van der Waals surface area contributed by atoms with Crippen molar-refractivity contribution < 1.29 is 68.3 Å². The summed E-state index contributed by atoms with van der Waals surface area (Å²) >= 11 is 1.12. The molecular weight excluding hydrogens is 1140 g/mol. The van der Waals surface area contributed by atoms with Gasteiger partial charge in [0.15, 0.2) is 5.12 Å². The van der Waals surface area contributed by atoms with Crippen molar-refractivity contribution in [2.24, 2.45) is 10.3 Å². The van der Waals surface area contributed by atoms with E-state index in [-0.39, 0.29) is 120 Å². The molecule has 5 rings (SSSR count). The topological polar surface area (TPSA) is 342 Å². The number of nitrogens with one attached hydrogen (secondary N) is 5. The van der Waals surface area contributed by atoms with Crippen LogP contribution in [-0.4, -0.2) is 167 Å². The van der Waals surface area contributed by atoms with Crippen molar-refractivity contribution in [2.45, 2.75) is 140 Å². The van der Waals surface area contributed by atoms with Crippen molar-refractivity contribution >= 4 is 75.7 Å². The van der Waals surface area contributed by atoms with E-state index >= 15 is 0 Å². The summed E-state index contributed by atoms with van der Waals surface area (Å²) < 4.78 is 5.65. The van der Waals surface area contributed by atoms with E-state index in [4.69, 9.17) is 4.74 Å². The normalized spacial score (nSPS) is 13.9. The molecular formula is C60H84N12O14S. The number of unbranched alkanes of at least 4 members (excludes halogenated alkanes) is 6. The van der Waals surface area contributed by atoms with Gasteiger partial charge in [-0.15, -0.1) is 0 Å². The Morgan fingerprint density at radius 1 is 0.586 bits per heavy atom. The second-order valence-corrected chi connectivity index (χ2v) is 22.1. The number of hydroxylamine groups is 6.